The van der Waals surface area contributed by atoms with Crippen LogP contribution in [0.1, 0.15) is 48.0 Å². The smallest absolute Gasteiger partial charge is 0.255 e. The Hall–Kier alpha value is -1.26. The lowest BCUT2D eigenvalue weighted by Crippen LogP contribution is -2.45. The van der Waals surface area contributed by atoms with Crippen LogP contribution in [0.25, 0.3) is 0 Å². The first-order chi connectivity index (χ1) is 9.61. The maximum Gasteiger partial charge on any atom is 0.255 e. The quantitative estimate of drug-likeness (QED) is 0.800. The summed E-state index contributed by atoms with van der Waals surface area (Å²) in [4.78, 5) is 12.3. The van der Waals surface area contributed by atoms with Crippen molar-refractivity contribution in [2.75, 3.05) is 6.54 Å². The Morgan fingerprint density at radius 1 is 1.38 bits per heavy atom. The van der Waals surface area contributed by atoms with E-state index in [1.54, 1.807) is 18.2 Å². The first-order valence-corrected chi connectivity index (χ1v) is 7.42. The van der Waals surface area contributed by atoms with Crippen molar-refractivity contribution in [1.82, 2.24) is 5.32 Å². The second kappa shape index (κ2) is 8.25. The first kappa shape index (κ1) is 17.8. The van der Waals surface area contributed by atoms with Crippen molar-refractivity contribution in [2.45, 2.75) is 45.1 Å². The Bertz CT molecular complexity index is 473. The number of aromatic hydroxyl groups is 1. The summed E-state index contributed by atoms with van der Waals surface area (Å²) in [6, 6.07) is 5.05. The Balaban J connectivity index is 0.00000220. The van der Waals surface area contributed by atoms with Gasteiger partial charge < -0.3 is 16.2 Å². The zero-order valence-corrected chi connectivity index (χ0v) is 13.3. The third-order valence-electron chi connectivity index (χ3n) is 4.19. The van der Waals surface area contributed by atoms with Gasteiger partial charge in [-0.3, -0.25) is 4.79 Å². The second-order valence-electron chi connectivity index (χ2n) is 5.73. The molecule has 0 aliphatic heterocycles. The van der Waals surface area contributed by atoms with E-state index in [-0.39, 0.29) is 30.1 Å². The number of nitrogens with two attached hydrogens (primary N) is 1. The van der Waals surface area contributed by atoms with Crippen molar-refractivity contribution >= 4 is 18.3 Å². The molecule has 1 amide bonds. The molecule has 4 N–H and O–H groups in total. The number of hydrogen-bond donors (Lipinski definition) is 3. The molecule has 1 aromatic carbocycles. The van der Waals surface area contributed by atoms with Gasteiger partial charge in [-0.2, -0.15) is 0 Å². The van der Waals surface area contributed by atoms with E-state index in [9.17, 15) is 9.90 Å². The van der Waals surface area contributed by atoms with E-state index in [1.807, 2.05) is 6.92 Å². The molecule has 21 heavy (non-hydrogen) atoms. The van der Waals surface area contributed by atoms with Crippen molar-refractivity contribution < 1.29 is 9.90 Å². The molecule has 118 valence electrons. The third kappa shape index (κ3) is 4.61. The van der Waals surface area contributed by atoms with Gasteiger partial charge in [-0.25, -0.2) is 0 Å². The number of carbonyl (C=O) groups is 1. The summed E-state index contributed by atoms with van der Waals surface area (Å²) in [6.07, 6.45) is 5.96. The first-order valence-electron chi connectivity index (χ1n) is 7.42. The summed E-state index contributed by atoms with van der Waals surface area (Å²) < 4.78 is 0. The molecule has 0 radical (unpaired) electrons. The van der Waals surface area contributed by atoms with Gasteiger partial charge in [-0.05, 0) is 37.8 Å². The van der Waals surface area contributed by atoms with Gasteiger partial charge in [-0.15, -0.1) is 12.4 Å². The Kier molecular flexibility index (Phi) is 6.99. The topological polar surface area (TPSA) is 75.3 Å². The number of rotatable bonds is 4. The number of nitrogens with one attached hydrogen (secondary N) is 1. The van der Waals surface area contributed by atoms with Crippen molar-refractivity contribution in [3.05, 3.63) is 29.3 Å². The van der Waals surface area contributed by atoms with Crippen molar-refractivity contribution in [3.63, 3.8) is 0 Å². The summed E-state index contributed by atoms with van der Waals surface area (Å²) in [6.45, 7) is 2.35. The minimum Gasteiger partial charge on any atom is -0.507 e. The lowest BCUT2D eigenvalue weighted by atomic mass is 9.84. The predicted molar refractivity (Wildman–Crippen MR) is 87.0 cm³/mol. The largest absolute Gasteiger partial charge is 0.507 e. The number of benzene rings is 1. The number of halogens is 1. The number of hydrogen-bond acceptors (Lipinski definition) is 3. The Morgan fingerprint density at radius 3 is 2.67 bits per heavy atom. The van der Waals surface area contributed by atoms with Gasteiger partial charge >= 0.3 is 0 Å². The van der Waals surface area contributed by atoms with E-state index >= 15 is 0 Å². The van der Waals surface area contributed by atoms with Gasteiger partial charge in [-0.1, -0.05) is 30.9 Å². The van der Waals surface area contributed by atoms with Crippen LogP contribution < -0.4 is 11.1 Å². The maximum atomic E-state index is 12.3. The summed E-state index contributed by atoms with van der Waals surface area (Å²) in [7, 11) is 0. The summed E-state index contributed by atoms with van der Waals surface area (Å²) in [5.74, 6) is 0.254. The van der Waals surface area contributed by atoms with Crippen LogP contribution in [-0.2, 0) is 0 Å². The Morgan fingerprint density at radius 2 is 2.05 bits per heavy atom. The monoisotopic (exact) mass is 312 g/mol. The highest BCUT2D eigenvalue weighted by atomic mass is 35.5. The number of carbonyl (C=O) groups excluding carboxylic acids is 1. The number of phenols is 1. The molecule has 0 heterocycles. The molecule has 1 aliphatic rings. The lowest BCUT2D eigenvalue weighted by molar-refractivity contribution is 0.0913. The minimum absolute atomic E-state index is 0. The third-order valence-corrected chi connectivity index (χ3v) is 4.19. The molecule has 0 aromatic heterocycles. The van der Waals surface area contributed by atoms with Crippen LogP contribution >= 0.6 is 12.4 Å². The Labute approximate surface area is 132 Å². The highest BCUT2D eigenvalue weighted by molar-refractivity contribution is 5.97. The zero-order chi connectivity index (χ0) is 14.5. The molecular weight excluding hydrogens is 288 g/mol. The number of phenolic OH excluding ortho intramolecular Hbond substituents is 1. The van der Waals surface area contributed by atoms with Gasteiger partial charge in [0, 0.05) is 12.6 Å². The number of aryl methyl sites for hydroxylation is 1. The highest BCUT2D eigenvalue weighted by Gasteiger charge is 2.25. The normalized spacial score (nSPS) is 16.9. The molecule has 5 heteroatoms. The number of amides is 1. The molecule has 1 saturated carbocycles. The lowest BCUT2D eigenvalue weighted by Gasteiger charge is -2.30. The molecule has 1 unspecified atom stereocenters. The highest BCUT2D eigenvalue weighted by Crippen LogP contribution is 2.27. The molecule has 0 spiro atoms. The van der Waals surface area contributed by atoms with Crippen molar-refractivity contribution in [1.29, 1.82) is 0 Å². The van der Waals surface area contributed by atoms with E-state index in [2.05, 4.69) is 5.32 Å². The molecule has 1 aliphatic carbocycles. The molecule has 2 rings (SSSR count). The maximum absolute atomic E-state index is 12.3. The summed E-state index contributed by atoms with van der Waals surface area (Å²) >= 11 is 0. The van der Waals surface area contributed by atoms with Crippen LogP contribution in [0.3, 0.4) is 0 Å². The van der Waals surface area contributed by atoms with E-state index in [0.29, 0.717) is 18.0 Å². The van der Waals surface area contributed by atoms with Crippen molar-refractivity contribution in [2.24, 2.45) is 11.7 Å². The molecule has 1 fully saturated rings. The van der Waals surface area contributed by atoms with Crippen LogP contribution in [0.4, 0.5) is 0 Å². The van der Waals surface area contributed by atoms with Crippen LogP contribution in [0.5, 0.6) is 5.75 Å². The predicted octanol–water partition coefficient (Wildman–Crippen LogP) is 2.76. The van der Waals surface area contributed by atoms with Crippen LogP contribution in [0.2, 0.25) is 0 Å². The van der Waals surface area contributed by atoms with Crippen LogP contribution in [-0.4, -0.2) is 23.6 Å². The minimum atomic E-state index is -0.229. The average molecular weight is 313 g/mol. The molecule has 4 nitrogen and oxygen atoms in total. The van der Waals surface area contributed by atoms with Gasteiger partial charge in [0.15, 0.2) is 0 Å². The molecule has 0 bridgehead atoms. The fraction of sp³-hybridized carbons (Fsp3) is 0.562. The van der Waals surface area contributed by atoms with Gasteiger partial charge in [0.1, 0.15) is 5.75 Å². The van der Waals surface area contributed by atoms with Gasteiger partial charge in [0.2, 0.25) is 0 Å². The van der Waals surface area contributed by atoms with Gasteiger partial charge in [0.05, 0.1) is 5.56 Å². The van der Waals surface area contributed by atoms with Crippen molar-refractivity contribution in [3.8, 4) is 5.75 Å². The van der Waals surface area contributed by atoms with Gasteiger partial charge in [0.25, 0.3) is 5.91 Å². The average Bonchev–Trinajstić information content (AvgIpc) is 2.48. The van der Waals surface area contributed by atoms with Crippen LogP contribution in [0, 0.1) is 12.8 Å². The molecular formula is C16H25ClN2O2. The summed E-state index contributed by atoms with van der Waals surface area (Å²) in [5.41, 5.74) is 7.11. The molecule has 0 saturated heterocycles. The zero-order valence-electron chi connectivity index (χ0n) is 12.5. The molecule has 1 atom stereocenters. The van der Waals surface area contributed by atoms with Crippen LogP contribution in [0.15, 0.2) is 18.2 Å². The SMILES string of the molecule is Cc1ccc(O)c(C(=O)NC(CN)C2CCCCC2)c1.Cl. The van der Waals surface area contributed by atoms with E-state index in [1.165, 1.54) is 19.3 Å². The summed E-state index contributed by atoms with van der Waals surface area (Å²) in [5, 5.41) is 12.8. The van der Waals surface area contributed by atoms with E-state index in [0.717, 1.165) is 18.4 Å². The molecule has 1 aromatic rings. The standard InChI is InChI=1S/C16H24N2O2.ClH/c1-11-7-8-15(19)13(9-11)16(20)18-14(10-17)12-5-3-2-4-6-12;/h7-9,12,14,19H,2-6,10,17H2,1H3,(H,18,20);1H. The van der Waals surface area contributed by atoms with E-state index < -0.39 is 0 Å². The second-order valence-corrected chi connectivity index (χ2v) is 5.73. The fourth-order valence-corrected chi connectivity index (χ4v) is 2.98. The van der Waals surface area contributed by atoms with E-state index in [4.69, 9.17) is 5.73 Å². The fourth-order valence-electron chi connectivity index (χ4n) is 2.98.